The third-order valence-electron chi connectivity index (χ3n) is 4.95. The molecule has 0 amide bonds. The van der Waals surface area contributed by atoms with Crippen molar-refractivity contribution >= 4 is 9.84 Å². The first kappa shape index (κ1) is 15.8. The van der Waals surface area contributed by atoms with Crippen LogP contribution in [-0.4, -0.2) is 24.0 Å². The first-order valence-corrected chi connectivity index (χ1v) is 8.78. The zero-order valence-electron chi connectivity index (χ0n) is 12.0. The predicted molar refractivity (Wildman–Crippen MR) is 75.0 cm³/mol. The van der Waals surface area contributed by atoms with Gasteiger partial charge in [-0.05, 0) is 49.8 Å². The Kier molecular flexibility index (Phi) is 3.38. The van der Waals surface area contributed by atoms with E-state index in [4.69, 9.17) is 0 Å². The summed E-state index contributed by atoms with van der Waals surface area (Å²) in [6.07, 6.45) is -3.57. The molecule has 1 N–H and O–H groups in total. The Bertz CT molecular complexity index is 689. The molecule has 2 aliphatic rings. The number of aryl methyl sites for hydroxylation is 1. The van der Waals surface area contributed by atoms with Gasteiger partial charge in [0.25, 0.3) is 0 Å². The average Bonchev–Trinajstić information content (AvgIpc) is 2.58. The lowest BCUT2D eigenvalue weighted by molar-refractivity contribution is -0.138. The summed E-state index contributed by atoms with van der Waals surface area (Å²) in [5.74, 6) is 0. The van der Waals surface area contributed by atoms with Gasteiger partial charge in [0.1, 0.15) is 0 Å². The van der Waals surface area contributed by atoms with Crippen LogP contribution in [0.4, 0.5) is 13.2 Å². The van der Waals surface area contributed by atoms with Crippen molar-refractivity contribution in [1.29, 1.82) is 0 Å². The monoisotopic (exact) mass is 334 g/mol. The molecule has 0 radical (unpaired) electrons. The zero-order chi connectivity index (χ0) is 16.3. The first-order valence-electron chi connectivity index (χ1n) is 7.17. The fourth-order valence-electron chi connectivity index (χ4n) is 3.70. The molecule has 0 aliphatic carbocycles. The van der Waals surface area contributed by atoms with Crippen LogP contribution in [0.3, 0.4) is 0 Å². The highest BCUT2D eigenvalue weighted by Gasteiger charge is 2.53. The van der Waals surface area contributed by atoms with Crippen LogP contribution in [-0.2, 0) is 21.6 Å². The molecule has 3 nitrogen and oxygen atoms in total. The summed E-state index contributed by atoms with van der Waals surface area (Å²) < 4.78 is 63.3. The smallest absolute Gasteiger partial charge is 0.385 e. The second-order valence-electron chi connectivity index (χ2n) is 6.38. The molecule has 122 valence electrons. The fourth-order valence-corrected chi connectivity index (χ4v) is 6.19. The van der Waals surface area contributed by atoms with Crippen molar-refractivity contribution in [3.8, 4) is 0 Å². The van der Waals surface area contributed by atoms with E-state index >= 15 is 0 Å². The predicted octanol–water partition coefficient (Wildman–Crippen LogP) is 2.94. The molecule has 2 fully saturated rings. The summed E-state index contributed by atoms with van der Waals surface area (Å²) in [7, 11) is -3.24. The molecule has 1 aromatic rings. The number of aliphatic hydroxyl groups is 1. The van der Waals surface area contributed by atoms with Gasteiger partial charge in [-0.1, -0.05) is 12.1 Å². The van der Waals surface area contributed by atoms with Gasteiger partial charge >= 0.3 is 6.18 Å². The lowest BCUT2D eigenvalue weighted by Crippen LogP contribution is -2.43. The largest absolute Gasteiger partial charge is 0.416 e. The van der Waals surface area contributed by atoms with Crippen molar-refractivity contribution in [2.75, 3.05) is 0 Å². The van der Waals surface area contributed by atoms with Crippen LogP contribution in [0.5, 0.6) is 0 Å². The number of halogens is 3. The Labute approximate surface area is 127 Å². The van der Waals surface area contributed by atoms with E-state index in [1.54, 1.807) is 0 Å². The summed E-state index contributed by atoms with van der Waals surface area (Å²) in [5, 5.41) is 9.51. The highest BCUT2D eigenvalue weighted by molar-refractivity contribution is 7.93. The summed E-state index contributed by atoms with van der Waals surface area (Å²) in [6, 6.07) is 3.77. The molecular formula is C15H17F3O3S. The van der Waals surface area contributed by atoms with Gasteiger partial charge in [0.05, 0.1) is 21.7 Å². The quantitative estimate of drug-likeness (QED) is 0.859. The number of hydrogen-bond donors (Lipinski definition) is 1. The van der Waals surface area contributed by atoms with Gasteiger partial charge in [0, 0.05) is 0 Å². The molecule has 2 atom stereocenters. The number of hydrogen-bond acceptors (Lipinski definition) is 3. The van der Waals surface area contributed by atoms with Crippen molar-refractivity contribution in [2.45, 2.75) is 54.9 Å². The highest BCUT2D eigenvalue weighted by atomic mass is 32.2. The van der Waals surface area contributed by atoms with Crippen molar-refractivity contribution < 1.29 is 26.7 Å². The first-order chi connectivity index (χ1) is 10.0. The van der Waals surface area contributed by atoms with E-state index in [1.165, 1.54) is 19.1 Å². The normalized spacial score (nSPS) is 33.9. The number of benzene rings is 1. The number of rotatable bonds is 1. The minimum Gasteiger partial charge on any atom is -0.385 e. The second-order valence-corrected chi connectivity index (χ2v) is 8.89. The molecule has 0 aromatic heterocycles. The van der Waals surface area contributed by atoms with Gasteiger partial charge in [-0.25, -0.2) is 8.42 Å². The second kappa shape index (κ2) is 4.71. The van der Waals surface area contributed by atoms with Crippen molar-refractivity contribution in [3.05, 3.63) is 34.9 Å². The standard InChI is InChI=1S/C15H17F3O3S/c1-9-2-3-10(6-13(9)15(16,17)18)14(19)7-11-4-5-12(8-14)22(11,20)21/h2-3,6,11-12,19H,4-5,7-8H2,1H3. The van der Waals surface area contributed by atoms with Crippen LogP contribution in [0.2, 0.25) is 0 Å². The molecule has 0 saturated carbocycles. The van der Waals surface area contributed by atoms with E-state index in [0.717, 1.165) is 6.07 Å². The number of alkyl halides is 3. The maximum atomic E-state index is 13.0. The Morgan fingerprint density at radius 3 is 2.23 bits per heavy atom. The molecule has 3 rings (SSSR count). The number of fused-ring (bicyclic) bond motifs is 2. The molecule has 2 aliphatic heterocycles. The van der Waals surface area contributed by atoms with Crippen LogP contribution in [0, 0.1) is 6.92 Å². The third kappa shape index (κ3) is 2.34. The SMILES string of the molecule is Cc1ccc(C2(O)CC3CCC(C2)S3(=O)=O)cc1C(F)(F)F. The molecule has 2 unspecified atom stereocenters. The summed E-state index contributed by atoms with van der Waals surface area (Å²) in [4.78, 5) is 0. The fraction of sp³-hybridized carbons (Fsp3) is 0.600. The maximum Gasteiger partial charge on any atom is 0.416 e. The van der Waals surface area contributed by atoms with Crippen molar-refractivity contribution in [1.82, 2.24) is 0 Å². The molecular weight excluding hydrogens is 317 g/mol. The highest BCUT2D eigenvalue weighted by Crippen LogP contribution is 2.48. The third-order valence-corrected chi connectivity index (χ3v) is 7.61. The Balaban J connectivity index is 2.02. The molecule has 1 aromatic carbocycles. The van der Waals surface area contributed by atoms with Crippen LogP contribution in [0.1, 0.15) is 42.4 Å². The zero-order valence-corrected chi connectivity index (χ0v) is 12.8. The van der Waals surface area contributed by atoms with Gasteiger partial charge in [0.2, 0.25) is 0 Å². The van der Waals surface area contributed by atoms with Gasteiger partial charge in [0.15, 0.2) is 9.84 Å². The maximum absolute atomic E-state index is 13.0. The van der Waals surface area contributed by atoms with Crippen LogP contribution in [0.15, 0.2) is 18.2 Å². The van der Waals surface area contributed by atoms with Gasteiger partial charge in [-0.2, -0.15) is 13.2 Å². The Morgan fingerprint density at radius 1 is 1.18 bits per heavy atom. The summed E-state index contributed by atoms with van der Waals surface area (Å²) in [5.41, 5.74) is -2.02. The van der Waals surface area contributed by atoms with E-state index in [2.05, 4.69) is 0 Å². The lowest BCUT2D eigenvalue weighted by atomic mass is 9.84. The van der Waals surface area contributed by atoms with E-state index in [1.807, 2.05) is 0 Å². The van der Waals surface area contributed by atoms with Crippen molar-refractivity contribution in [3.63, 3.8) is 0 Å². The van der Waals surface area contributed by atoms with Gasteiger partial charge < -0.3 is 5.11 Å². The minimum atomic E-state index is -4.49. The molecule has 7 heteroatoms. The van der Waals surface area contributed by atoms with E-state index in [9.17, 15) is 26.7 Å². The van der Waals surface area contributed by atoms with Gasteiger partial charge in [-0.3, -0.25) is 0 Å². The molecule has 2 saturated heterocycles. The van der Waals surface area contributed by atoms with Crippen LogP contribution in [0.25, 0.3) is 0 Å². The molecule has 22 heavy (non-hydrogen) atoms. The van der Waals surface area contributed by atoms with E-state index in [-0.39, 0.29) is 24.0 Å². The van der Waals surface area contributed by atoms with Crippen molar-refractivity contribution in [2.24, 2.45) is 0 Å². The van der Waals surface area contributed by atoms with Crippen LogP contribution >= 0.6 is 0 Å². The summed E-state index contributed by atoms with van der Waals surface area (Å²) >= 11 is 0. The molecule has 2 bridgehead atoms. The van der Waals surface area contributed by atoms with E-state index < -0.39 is 37.7 Å². The van der Waals surface area contributed by atoms with Gasteiger partial charge in [-0.15, -0.1) is 0 Å². The van der Waals surface area contributed by atoms with E-state index in [0.29, 0.717) is 12.8 Å². The Hall–Kier alpha value is -1.08. The topological polar surface area (TPSA) is 54.4 Å². The average molecular weight is 334 g/mol. The Morgan fingerprint density at radius 2 is 1.73 bits per heavy atom. The molecule has 0 spiro atoms. The number of sulfone groups is 1. The molecule has 2 heterocycles. The summed E-state index contributed by atoms with van der Waals surface area (Å²) in [6.45, 7) is 1.37. The lowest BCUT2D eigenvalue weighted by Gasteiger charge is -2.37. The van der Waals surface area contributed by atoms with Crippen LogP contribution < -0.4 is 0 Å². The minimum absolute atomic E-state index is 0.0216.